The fraction of sp³-hybridized carbons (Fsp3) is 0.286. The molecule has 6 heteroatoms. The van der Waals surface area contributed by atoms with Crippen LogP contribution >= 0.6 is 0 Å². The molecule has 0 aliphatic heterocycles. The monoisotopic (exact) mass is 369 g/mol. The molecule has 0 saturated heterocycles. The molecule has 2 rings (SSSR count). The number of rotatable bonds is 8. The van der Waals surface area contributed by atoms with E-state index >= 15 is 0 Å². The lowest BCUT2D eigenvalue weighted by Gasteiger charge is -2.13. The molecule has 1 N–H and O–H groups in total. The molecule has 142 valence electrons. The maximum Gasteiger partial charge on any atom is 0.326 e. The molecule has 0 aromatic heterocycles. The molecular formula is C21H23NO5. The van der Waals surface area contributed by atoms with E-state index < -0.39 is 18.0 Å². The molecule has 27 heavy (non-hydrogen) atoms. The zero-order valence-electron chi connectivity index (χ0n) is 15.7. The normalized spacial score (nSPS) is 11.4. The highest BCUT2D eigenvalue weighted by Crippen LogP contribution is 2.12. The quantitative estimate of drug-likeness (QED) is 0.572. The minimum atomic E-state index is -0.932. The zero-order valence-corrected chi connectivity index (χ0v) is 15.7. The van der Waals surface area contributed by atoms with Gasteiger partial charge in [0, 0.05) is 11.1 Å². The van der Waals surface area contributed by atoms with E-state index in [9.17, 15) is 14.4 Å². The summed E-state index contributed by atoms with van der Waals surface area (Å²) in [6.07, 6.45) is -0.0508. The van der Waals surface area contributed by atoms with E-state index in [0.717, 1.165) is 12.0 Å². The van der Waals surface area contributed by atoms with Crippen LogP contribution in [0.15, 0.2) is 48.5 Å². The van der Waals surface area contributed by atoms with E-state index in [4.69, 9.17) is 9.47 Å². The van der Waals surface area contributed by atoms with Crippen LogP contribution in [-0.4, -0.2) is 37.4 Å². The van der Waals surface area contributed by atoms with E-state index in [0.29, 0.717) is 16.9 Å². The van der Waals surface area contributed by atoms with Crippen LogP contribution in [0.3, 0.4) is 0 Å². The molecule has 0 radical (unpaired) electrons. The molecule has 0 bridgehead atoms. The molecule has 0 saturated carbocycles. The second kappa shape index (κ2) is 9.52. The predicted molar refractivity (Wildman–Crippen MR) is 101 cm³/mol. The maximum atomic E-state index is 12.3. The van der Waals surface area contributed by atoms with Gasteiger partial charge >= 0.3 is 5.97 Å². The van der Waals surface area contributed by atoms with Gasteiger partial charge in [-0.05, 0) is 37.1 Å². The molecule has 1 unspecified atom stereocenters. The van der Waals surface area contributed by atoms with Crippen molar-refractivity contribution in [2.45, 2.75) is 26.4 Å². The largest absolute Gasteiger partial charge is 0.497 e. The molecule has 1 amide bonds. The molecule has 2 aromatic rings. The number of nitrogens with one attached hydrogen (secondary N) is 1. The molecule has 0 spiro atoms. The highest BCUT2D eigenvalue weighted by atomic mass is 16.5. The fourth-order valence-electron chi connectivity index (χ4n) is 2.45. The summed E-state index contributed by atoms with van der Waals surface area (Å²) in [5.74, 6) is -0.860. The van der Waals surface area contributed by atoms with Gasteiger partial charge in [0.25, 0.3) is 5.91 Å². The minimum absolute atomic E-state index is 0.287. The van der Waals surface area contributed by atoms with Crippen molar-refractivity contribution in [2.24, 2.45) is 0 Å². The highest BCUT2D eigenvalue weighted by Gasteiger charge is 2.20. The second-order valence-electron chi connectivity index (χ2n) is 5.96. The Labute approximate surface area is 158 Å². The molecule has 1 atom stereocenters. The Morgan fingerprint density at radius 2 is 1.74 bits per heavy atom. The first-order chi connectivity index (χ1) is 12.9. The van der Waals surface area contributed by atoms with E-state index in [1.807, 2.05) is 19.1 Å². The van der Waals surface area contributed by atoms with Crippen molar-refractivity contribution in [3.8, 4) is 5.75 Å². The Bertz CT molecular complexity index is 814. The summed E-state index contributed by atoms with van der Waals surface area (Å²) in [5.41, 5.74) is 1.96. The van der Waals surface area contributed by atoms with Crippen LogP contribution in [0, 0.1) is 0 Å². The number of ether oxygens (including phenoxy) is 2. The third kappa shape index (κ3) is 5.67. The average molecular weight is 369 g/mol. The lowest BCUT2D eigenvalue weighted by molar-refractivity contribution is -0.145. The summed E-state index contributed by atoms with van der Waals surface area (Å²) >= 11 is 0. The molecule has 0 aliphatic carbocycles. The van der Waals surface area contributed by atoms with Crippen LogP contribution in [-0.2, 0) is 16.0 Å². The number of aryl methyl sites for hydroxylation is 1. The summed E-state index contributed by atoms with van der Waals surface area (Å²) in [7, 11) is 1.50. The van der Waals surface area contributed by atoms with Crippen molar-refractivity contribution < 1.29 is 23.9 Å². The van der Waals surface area contributed by atoms with Gasteiger partial charge in [-0.15, -0.1) is 0 Å². The third-order valence-corrected chi connectivity index (χ3v) is 4.05. The van der Waals surface area contributed by atoms with Gasteiger partial charge in [0.05, 0.1) is 7.11 Å². The van der Waals surface area contributed by atoms with Crippen LogP contribution in [0.25, 0.3) is 0 Å². The number of esters is 1. The predicted octanol–water partition coefficient (Wildman–Crippen LogP) is 2.80. The second-order valence-corrected chi connectivity index (χ2v) is 5.96. The number of methoxy groups -OCH3 is 1. The number of carbonyl (C=O) groups excluding carboxylic acids is 3. The summed E-state index contributed by atoms with van der Waals surface area (Å²) in [6.45, 7) is 3.21. The number of benzene rings is 2. The average Bonchev–Trinajstić information content (AvgIpc) is 2.71. The Hall–Kier alpha value is -3.15. The Balaban J connectivity index is 1.86. The van der Waals surface area contributed by atoms with Crippen LogP contribution < -0.4 is 10.1 Å². The molecule has 6 nitrogen and oxygen atoms in total. The topological polar surface area (TPSA) is 81.7 Å². The highest BCUT2D eigenvalue weighted by molar-refractivity contribution is 6.00. The van der Waals surface area contributed by atoms with E-state index in [1.54, 1.807) is 36.4 Å². The van der Waals surface area contributed by atoms with Gasteiger partial charge in [0.1, 0.15) is 12.3 Å². The van der Waals surface area contributed by atoms with Crippen LogP contribution in [0.5, 0.6) is 5.75 Å². The number of ketones is 1. The van der Waals surface area contributed by atoms with E-state index in [2.05, 4.69) is 5.32 Å². The van der Waals surface area contributed by atoms with Crippen LogP contribution in [0.4, 0.5) is 0 Å². The SMILES string of the molecule is CCc1ccc(C(=O)C(C)OC(=O)CNC(=O)c2cccc(OC)c2)cc1. The van der Waals surface area contributed by atoms with Crippen molar-refractivity contribution in [1.82, 2.24) is 5.32 Å². The summed E-state index contributed by atoms with van der Waals surface area (Å²) in [6, 6.07) is 13.7. The van der Waals surface area contributed by atoms with Crippen molar-refractivity contribution in [2.75, 3.05) is 13.7 Å². The third-order valence-electron chi connectivity index (χ3n) is 4.05. The standard InChI is InChI=1S/C21H23NO5/c1-4-15-8-10-16(11-9-15)20(24)14(2)27-19(23)13-22-21(25)17-6-5-7-18(12-17)26-3/h5-12,14H,4,13H2,1-3H3,(H,22,25). The van der Waals surface area contributed by atoms with Gasteiger partial charge in [-0.1, -0.05) is 37.3 Å². The lowest BCUT2D eigenvalue weighted by atomic mass is 10.0. The van der Waals surface area contributed by atoms with E-state index in [-0.39, 0.29) is 12.3 Å². The smallest absolute Gasteiger partial charge is 0.326 e. The number of Topliss-reactive ketones (excluding diaryl/α,β-unsaturated/α-hetero) is 1. The molecule has 0 heterocycles. The first-order valence-corrected chi connectivity index (χ1v) is 8.69. The molecule has 0 fully saturated rings. The Morgan fingerprint density at radius 3 is 2.37 bits per heavy atom. The van der Waals surface area contributed by atoms with Gasteiger partial charge in [0.2, 0.25) is 5.78 Å². The van der Waals surface area contributed by atoms with Crippen molar-refractivity contribution >= 4 is 17.7 Å². The van der Waals surface area contributed by atoms with Crippen molar-refractivity contribution in [3.05, 3.63) is 65.2 Å². The van der Waals surface area contributed by atoms with E-state index in [1.165, 1.54) is 14.0 Å². The van der Waals surface area contributed by atoms with Gasteiger partial charge < -0.3 is 14.8 Å². The Morgan fingerprint density at radius 1 is 1.04 bits per heavy atom. The number of amides is 1. The fourth-order valence-corrected chi connectivity index (χ4v) is 2.45. The summed E-state index contributed by atoms with van der Waals surface area (Å²) < 4.78 is 10.2. The van der Waals surface area contributed by atoms with Gasteiger partial charge in [-0.25, -0.2) is 0 Å². The summed E-state index contributed by atoms with van der Waals surface area (Å²) in [4.78, 5) is 36.3. The first kappa shape index (κ1) is 20.2. The maximum absolute atomic E-state index is 12.3. The van der Waals surface area contributed by atoms with Gasteiger partial charge in [-0.2, -0.15) is 0 Å². The lowest BCUT2D eigenvalue weighted by Crippen LogP contribution is -2.34. The summed E-state index contributed by atoms with van der Waals surface area (Å²) in [5, 5.41) is 2.47. The number of hydrogen-bond acceptors (Lipinski definition) is 5. The molecule has 0 aliphatic rings. The van der Waals surface area contributed by atoms with Crippen LogP contribution in [0.2, 0.25) is 0 Å². The first-order valence-electron chi connectivity index (χ1n) is 8.69. The van der Waals surface area contributed by atoms with Gasteiger partial charge in [-0.3, -0.25) is 14.4 Å². The molecular weight excluding hydrogens is 346 g/mol. The number of carbonyl (C=O) groups is 3. The minimum Gasteiger partial charge on any atom is -0.497 e. The zero-order chi connectivity index (χ0) is 19.8. The Kier molecular flexibility index (Phi) is 7.11. The van der Waals surface area contributed by atoms with Crippen molar-refractivity contribution in [1.29, 1.82) is 0 Å². The number of hydrogen-bond donors (Lipinski definition) is 1. The van der Waals surface area contributed by atoms with Gasteiger partial charge in [0.15, 0.2) is 6.10 Å². The van der Waals surface area contributed by atoms with Crippen LogP contribution in [0.1, 0.15) is 40.1 Å². The van der Waals surface area contributed by atoms with Crippen molar-refractivity contribution in [3.63, 3.8) is 0 Å². The molecule has 2 aromatic carbocycles.